The maximum atomic E-state index is 12.3. The highest BCUT2D eigenvalue weighted by molar-refractivity contribution is 8.00. The van der Waals surface area contributed by atoms with Crippen molar-refractivity contribution in [3.05, 3.63) is 0 Å². The number of rotatable bonds is 3. The zero-order chi connectivity index (χ0) is 15.9. The van der Waals surface area contributed by atoms with Gasteiger partial charge >= 0.3 is 0 Å². The van der Waals surface area contributed by atoms with Gasteiger partial charge in [-0.05, 0) is 25.2 Å². The average Bonchev–Trinajstić information content (AvgIpc) is 2.56. The van der Waals surface area contributed by atoms with Gasteiger partial charge in [-0.25, -0.2) is 0 Å². The molecule has 0 aromatic rings. The standard InChI is InChI=1S/C16H30N4OS/c1-13(2)14-12-20(9-10-22-14)16(17-3)18-11-15(21)19-7-5-4-6-8-19/h13-14H,4-12H2,1-3H3,(H,17,18). The minimum atomic E-state index is 0.202. The largest absolute Gasteiger partial charge is 0.347 e. The van der Waals surface area contributed by atoms with E-state index in [2.05, 4.69) is 40.8 Å². The van der Waals surface area contributed by atoms with Crippen LogP contribution in [0.1, 0.15) is 33.1 Å². The second-order valence-corrected chi connectivity index (χ2v) is 7.79. The topological polar surface area (TPSA) is 47.9 Å². The first-order chi connectivity index (χ1) is 10.6. The van der Waals surface area contributed by atoms with Gasteiger partial charge in [0.25, 0.3) is 0 Å². The lowest BCUT2D eigenvalue weighted by molar-refractivity contribution is -0.130. The molecule has 1 atom stereocenters. The van der Waals surface area contributed by atoms with Gasteiger partial charge in [0, 0.05) is 44.2 Å². The lowest BCUT2D eigenvalue weighted by atomic mass is 10.1. The molecule has 2 fully saturated rings. The van der Waals surface area contributed by atoms with Crippen LogP contribution in [0.3, 0.4) is 0 Å². The summed E-state index contributed by atoms with van der Waals surface area (Å²) in [5.41, 5.74) is 0. The van der Waals surface area contributed by atoms with Gasteiger partial charge in [-0.2, -0.15) is 11.8 Å². The summed E-state index contributed by atoms with van der Waals surface area (Å²) in [4.78, 5) is 20.9. The lowest BCUT2D eigenvalue weighted by Crippen LogP contribution is -2.51. The lowest BCUT2D eigenvalue weighted by Gasteiger charge is -2.36. The molecule has 0 spiro atoms. The molecule has 2 aliphatic rings. The zero-order valence-corrected chi connectivity index (χ0v) is 15.0. The number of amides is 1. The number of guanidine groups is 1. The fourth-order valence-electron chi connectivity index (χ4n) is 3.01. The van der Waals surface area contributed by atoms with Crippen molar-refractivity contribution in [3.63, 3.8) is 0 Å². The molecule has 0 radical (unpaired) electrons. The first kappa shape index (κ1) is 17.4. The summed E-state index contributed by atoms with van der Waals surface area (Å²) in [7, 11) is 1.81. The van der Waals surface area contributed by atoms with E-state index < -0.39 is 0 Å². The summed E-state index contributed by atoms with van der Waals surface area (Å²) < 4.78 is 0. The Balaban J connectivity index is 1.82. The van der Waals surface area contributed by atoms with Crippen molar-refractivity contribution < 1.29 is 4.79 Å². The number of thioether (sulfide) groups is 1. The van der Waals surface area contributed by atoms with E-state index in [1.54, 1.807) is 7.05 Å². The fourth-order valence-corrected chi connectivity index (χ4v) is 4.31. The van der Waals surface area contributed by atoms with E-state index in [0.29, 0.717) is 17.7 Å². The van der Waals surface area contributed by atoms with Crippen LogP contribution >= 0.6 is 11.8 Å². The Bertz CT molecular complexity index is 394. The van der Waals surface area contributed by atoms with Gasteiger partial charge in [0.15, 0.2) is 5.96 Å². The molecule has 0 saturated carbocycles. The highest BCUT2D eigenvalue weighted by Gasteiger charge is 2.25. The molecule has 1 amide bonds. The molecule has 2 rings (SSSR count). The highest BCUT2D eigenvalue weighted by atomic mass is 32.2. The summed E-state index contributed by atoms with van der Waals surface area (Å²) in [5, 5.41) is 3.91. The predicted molar refractivity (Wildman–Crippen MR) is 94.4 cm³/mol. The number of likely N-dealkylation sites (tertiary alicyclic amines) is 1. The third-order valence-corrected chi connectivity index (χ3v) is 5.99. The third kappa shape index (κ3) is 4.80. The summed E-state index contributed by atoms with van der Waals surface area (Å²) >= 11 is 2.05. The van der Waals surface area contributed by atoms with Gasteiger partial charge in [0.1, 0.15) is 0 Å². The van der Waals surface area contributed by atoms with Crippen LogP contribution in [0.5, 0.6) is 0 Å². The van der Waals surface area contributed by atoms with E-state index in [1.807, 2.05) is 4.90 Å². The Morgan fingerprint density at radius 2 is 1.95 bits per heavy atom. The molecule has 2 aliphatic heterocycles. The Kier molecular flexibility index (Phi) is 6.86. The number of nitrogens with zero attached hydrogens (tertiary/aromatic N) is 3. The van der Waals surface area contributed by atoms with E-state index in [1.165, 1.54) is 6.42 Å². The Morgan fingerprint density at radius 1 is 1.23 bits per heavy atom. The first-order valence-corrected chi connectivity index (χ1v) is 9.51. The van der Waals surface area contributed by atoms with E-state index in [9.17, 15) is 4.79 Å². The van der Waals surface area contributed by atoms with Crippen molar-refractivity contribution in [3.8, 4) is 0 Å². The van der Waals surface area contributed by atoms with Crippen molar-refractivity contribution in [2.75, 3.05) is 45.5 Å². The molecular weight excluding hydrogens is 296 g/mol. The van der Waals surface area contributed by atoms with Crippen LogP contribution < -0.4 is 5.32 Å². The van der Waals surface area contributed by atoms with Gasteiger partial charge in [-0.15, -0.1) is 0 Å². The molecule has 0 bridgehead atoms. The summed E-state index contributed by atoms with van der Waals surface area (Å²) in [5.74, 6) is 2.87. The molecule has 6 heteroatoms. The molecular formula is C16H30N4OS. The maximum Gasteiger partial charge on any atom is 0.241 e. The van der Waals surface area contributed by atoms with Gasteiger partial charge in [-0.1, -0.05) is 13.8 Å². The smallest absolute Gasteiger partial charge is 0.241 e. The van der Waals surface area contributed by atoms with Crippen LogP contribution in [-0.4, -0.2) is 72.4 Å². The molecule has 0 aliphatic carbocycles. The number of piperidine rings is 1. The third-order valence-electron chi connectivity index (χ3n) is 4.45. The van der Waals surface area contributed by atoms with E-state index >= 15 is 0 Å². The second-order valence-electron chi connectivity index (χ2n) is 6.44. The molecule has 126 valence electrons. The summed E-state index contributed by atoms with van der Waals surface area (Å²) in [6.07, 6.45) is 3.53. The maximum absolute atomic E-state index is 12.3. The molecule has 22 heavy (non-hydrogen) atoms. The first-order valence-electron chi connectivity index (χ1n) is 8.46. The Morgan fingerprint density at radius 3 is 2.59 bits per heavy atom. The molecule has 1 unspecified atom stereocenters. The van der Waals surface area contributed by atoms with Crippen molar-refractivity contribution in [1.82, 2.24) is 15.1 Å². The number of aliphatic imine (C=N–C) groups is 1. The van der Waals surface area contributed by atoms with Gasteiger partial charge < -0.3 is 15.1 Å². The minimum absolute atomic E-state index is 0.202. The number of nitrogens with one attached hydrogen (secondary N) is 1. The van der Waals surface area contributed by atoms with Crippen molar-refractivity contribution in [2.24, 2.45) is 10.9 Å². The van der Waals surface area contributed by atoms with Crippen molar-refractivity contribution in [2.45, 2.75) is 38.4 Å². The van der Waals surface area contributed by atoms with Gasteiger partial charge in [-0.3, -0.25) is 9.79 Å². The van der Waals surface area contributed by atoms with Crippen LogP contribution in [0.4, 0.5) is 0 Å². The Labute approximate surface area is 138 Å². The molecule has 2 heterocycles. The van der Waals surface area contributed by atoms with Crippen molar-refractivity contribution in [1.29, 1.82) is 0 Å². The second kappa shape index (κ2) is 8.65. The summed E-state index contributed by atoms with van der Waals surface area (Å²) in [6, 6.07) is 0. The zero-order valence-electron chi connectivity index (χ0n) is 14.2. The number of hydrogen-bond donors (Lipinski definition) is 1. The fraction of sp³-hybridized carbons (Fsp3) is 0.875. The van der Waals surface area contributed by atoms with E-state index in [0.717, 1.165) is 50.7 Å². The van der Waals surface area contributed by atoms with E-state index in [-0.39, 0.29) is 5.91 Å². The predicted octanol–water partition coefficient (Wildman–Crippen LogP) is 1.65. The number of carbonyl (C=O) groups excluding carboxylic acids is 1. The Hall–Kier alpha value is -0.910. The van der Waals surface area contributed by atoms with Crippen LogP contribution in [0.15, 0.2) is 4.99 Å². The highest BCUT2D eigenvalue weighted by Crippen LogP contribution is 2.24. The molecule has 0 aromatic heterocycles. The molecule has 5 nitrogen and oxygen atoms in total. The number of carbonyl (C=O) groups is 1. The monoisotopic (exact) mass is 326 g/mol. The number of hydrogen-bond acceptors (Lipinski definition) is 3. The van der Waals surface area contributed by atoms with Crippen molar-refractivity contribution >= 4 is 23.6 Å². The van der Waals surface area contributed by atoms with Crippen LogP contribution in [0, 0.1) is 5.92 Å². The molecule has 0 aromatic carbocycles. The van der Waals surface area contributed by atoms with Gasteiger partial charge in [0.2, 0.25) is 5.91 Å². The normalized spacial score (nSPS) is 23.8. The molecule has 2 saturated heterocycles. The summed E-state index contributed by atoms with van der Waals surface area (Å²) in [6.45, 7) is 8.76. The quantitative estimate of drug-likeness (QED) is 0.633. The van der Waals surface area contributed by atoms with Gasteiger partial charge in [0.05, 0.1) is 6.54 Å². The van der Waals surface area contributed by atoms with Crippen LogP contribution in [-0.2, 0) is 4.79 Å². The molecule has 1 N–H and O–H groups in total. The minimum Gasteiger partial charge on any atom is -0.347 e. The average molecular weight is 327 g/mol. The SMILES string of the molecule is CN=C(NCC(=O)N1CCCCC1)N1CCSC(C(C)C)C1. The van der Waals surface area contributed by atoms with E-state index in [4.69, 9.17) is 0 Å². The van der Waals surface area contributed by atoms with Crippen LogP contribution in [0.2, 0.25) is 0 Å². The van der Waals surface area contributed by atoms with Crippen LogP contribution in [0.25, 0.3) is 0 Å².